The van der Waals surface area contributed by atoms with Gasteiger partial charge in [0.15, 0.2) is 0 Å². The number of carboxylic acids is 1. The molecule has 5 N–H and O–H groups in total. The van der Waals surface area contributed by atoms with E-state index in [1.165, 1.54) is 0 Å². The molecule has 0 fully saturated rings. The smallest absolute Gasteiger partial charge is 0.417 e. The summed E-state index contributed by atoms with van der Waals surface area (Å²) in [6.07, 6.45) is -4.07. The predicted octanol–water partition coefficient (Wildman–Crippen LogP) is 1.54. The van der Waals surface area contributed by atoms with Crippen molar-refractivity contribution in [2.24, 2.45) is 21.7 Å². The summed E-state index contributed by atoms with van der Waals surface area (Å²) in [5.41, 5.74) is 7.97. The van der Waals surface area contributed by atoms with Crippen molar-refractivity contribution in [1.29, 1.82) is 0 Å². The van der Waals surface area contributed by atoms with E-state index in [1.54, 1.807) is 0 Å². The molecule has 0 radical (unpaired) electrons. The average Bonchev–Trinajstić information content (AvgIpc) is 2.28. The van der Waals surface area contributed by atoms with Crippen LogP contribution in [0.5, 0.6) is 0 Å². The van der Waals surface area contributed by atoms with Crippen molar-refractivity contribution in [3.05, 3.63) is 35.1 Å². The van der Waals surface area contributed by atoms with Crippen LogP contribution in [0.1, 0.15) is 18.1 Å². The first kappa shape index (κ1) is 18.4. The fourth-order valence-electron chi connectivity index (χ4n) is 1.07. The van der Waals surface area contributed by atoms with Gasteiger partial charge in [0.1, 0.15) is 5.82 Å². The first-order valence-corrected chi connectivity index (χ1v) is 5.23. The number of nitrogens with two attached hydrogens (primary N) is 2. The summed E-state index contributed by atoms with van der Waals surface area (Å²) in [4.78, 5) is 9.00. The number of carbonyl (C=O) groups is 1. The number of carboxylic acid groups (broad SMARTS) is 1. The molecule has 0 heterocycles. The fraction of sp³-hybridized carbons (Fsp3) is 0.182. The van der Waals surface area contributed by atoms with E-state index in [0.29, 0.717) is 6.21 Å². The van der Waals surface area contributed by atoms with Gasteiger partial charge < -0.3 is 16.6 Å². The summed E-state index contributed by atoms with van der Waals surface area (Å²) in [6.45, 7) is 1.08. The van der Waals surface area contributed by atoms with Gasteiger partial charge in [-0.15, -0.1) is 5.10 Å². The second kappa shape index (κ2) is 7.82. The van der Waals surface area contributed by atoms with Gasteiger partial charge in [-0.05, 0) is 12.1 Å². The summed E-state index contributed by atoms with van der Waals surface area (Å²) in [5, 5.41) is 13.7. The number of nitrogens with zero attached hydrogens (tertiary/aromatic N) is 2. The van der Waals surface area contributed by atoms with Crippen LogP contribution in [0.4, 0.5) is 17.6 Å². The molecule has 0 aliphatic heterocycles. The highest BCUT2D eigenvalue weighted by molar-refractivity contribution is 5.83. The third kappa shape index (κ3) is 7.50. The van der Waals surface area contributed by atoms with Gasteiger partial charge in [-0.1, -0.05) is 6.07 Å². The normalized spacial score (nSPS) is 10.7. The van der Waals surface area contributed by atoms with Gasteiger partial charge in [-0.3, -0.25) is 4.79 Å². The Morgan fingerprint density at radius 3 is 2.29 bits per heavy atom. The summed E-state index contributed by atoms with van der Waals surface area (Å²) in [6, 6.07) is 2.57. The summed E-state index contributed by atoms with van der Waals surface area (Å²) in [7, 11) is 0. The monoisotopic (exact) mass is 308 g/mol. The van der Waals surface area contributed by atoms with Crippen molar-refractivity contribution in [2.75, 3.05) is 0 Å². The van der Waals surface area contributed by atoms with Gasteiger partial charge in [0.25, 0.3) is 5.97 Å². The Bertz CT molecular complexity index is 548. The zero-order valence-electron chi connectivity index (χ0n) is 10.7. The van der Waals surface area contributed by atoms with Gasteiger partial charge in [-0.25, -0.2) is 4.39 Å². The maximum atomic E-state index is 13.2. The minimum atomic E-state index is -4.68. The molecule has 1 aromatic carbocycles. The standard InChI is InChI=1S/C9H8F4N4.C2H4O2/c10-7-3-1-2-6(9(11,12)13)5(7)4-16-17-8(14)15;1-2(3)4/h1-4H,(H4,14,15,17);1H3,(H,3,4)/b16-4+;. The highest BCUT2D eigenvalue weighted by Crippen LogP contribution is 2.32. The number of benzene rings is 1. The Morgan fingerprint density at radius 2 is 1.86 bits per heavy atom. The van der Waals surface area contributed by atoms with Crippen LogP contribution in [-0.4, -0.2) is 23.2 Å². The number of guanidine groups is 1. The number of hydrogen-bond acceptors (Lipinski definition) is 3. The topological polar surface area (TPSA) is 114 Å². The van der Waals surface area contributed by atoms with Crippen LogP contribution < -0.4 is 11.5 Å². The molecule has 1 rings (SSSR count). The van der Waals surface area contributed by atoms with Gasteiger partial charge >= 0.3 is 6.18 Å². The van der Waals surface area contributed by atoms with Gasteiger partial charge in [-0.2, -0.15) is 18.3 Å². The van der Waals surface area contributed by atoms with E-state index in [9.17, 15) is 17.6 Å². The number of rotatable bonds is 2. The van der Waals surface area contributed by atoms with Gasteiger partial charge in [0.2, 0.25) is 5.96 Å². The number of aliphatic carboxylic acids is 1. The van der Waals surface area contributed by atoms with E-state index < -0.39 is 35.0 Å². The lowest BCUT2D eigenvalue weighted by molar-refractivity contribution is -0.138. The summed E-state index contributed by atoms with van der Waals surface area (Å²) < 4.78 is 50.7. The molecule has 116 valence electrons. The molecular weight excluding hydrogens is 296 g/mol. The van der Waals surface area contributed by atoms with Crippen molar-refractivity contribution in [2.45, 2.75) is 13.1 Å². The van der Waals surface area contributed by atoms with E-state index in [1.807, 2.05) is 0 Å². The Balaban J connectivity index is 0.000000885. The summed E-state index contributed by atoms with van der Waals surface area (Å²) >= 11 is 0. The maximum absolute atomic E-state index is 13.2. The molecule has 0 aromatic heterocycles. The molecule has 0 aliphatic carbocycles. The van der Waals surface area contributed by atoms with Crippen molar-refractivity contribution in [1.82, 2.24) is 0 Å². The predicted molar refractivity (Wildman–Crippen MR) is 68.1 cm³/mol. The van der Waals surface area contributed by atoms with Crippen LogP contribution in [0.3, 0.4) is 0 Å². The van der Waals surface area contributed by atoms with Crippen LogP contribution in [0, 0.1) is 5.82 Å². The molecule has 0 saturated carbocycles. The molecule has 0 saturated heterocycles. The largest absolute Gasteiger partial charge is 0.481 e. The summed E-state index contributed by atoms with van der Waals surface area (Å²) in [5.74, 6) is -2.33. The van der Waals surface area contributed by atoms with E-state index in [2.05, 4.69) is 10.2 Å². The van der Waals surface area contributed by atoms with Crippen LogP contribution >= 0.6 is 0 Å². The molecular formula is C11H12F4N4O2. The van der Waals surface area contributed by atoms with Crippen molar-refractivity contribution in [3.8, 4) is 0 Å². The van der Waals surface area contributed by atoms with Gasteiger partial charge in [0.05, 0.1) is 11.8 Å². The highest BCUT2D eigenvalue weighted by atomic mass is 19.4. The Hall–Kier alpha value is -2.65. The van der Waals surface area contributed by atoms with Crippen LogP contribution in [0.2, 0.25) is 0 Å². The third-order valence-electron chi connectivity index (χ3n) is 1.72. The lowest BCUT2D eigenvalue weighted by Crippen LogP contribution is -2.21. The zero-order chi connectivity index (χ0) is 16.6. The van der Waals surface area contributed by atoms with Crippen molar-refractivity contribution < 1.29 is 27.5 Å². The highest BCUT2D eigenvalue weighted by Gasteiger charge is 2.33. The first-order valence-electron chi connectivity index (χ1n) is 5.23. The minimum absolute atomic E-state index is 0.439. The molecule has 0 amide bonds. The van der Waals surface area contributed by atoms with Crippen molar-refractivity contribution >= 4 is 18.1 Å². The SMILES string of the molecule is CC(=O)O.NC(N)=N/N=C/c1c(F)cccc1C(F)(F)F. The minimum Gasteiger partial charge on any atom is -0.481 e. The lowest BCUT2D eigenvalue weighted by Gasteiger charge is -2.09. The molecule has 0 aliphatic rings. The van der Waals surface area contributed by atoms with Crippen LogP contribution in [0.25, 0.3) is 0 Å². The van der Waals surface area contributed by atoms with Crippen LogP contribution in [-0.2, 0) is 11.0 Å². The van der Waals surface area contributed by atoms with E-state index in [4.69, 9.17) is 21.4 Å². The fourth-order valence-corrected chi connectivity index (χ4v) is 1.07. The molecule has 0 bridgehead atoms. The van der Waals surface area contributed by atoms with Crippen molar-refractivity contribution in [3.63, 3.8) is 0 Å². The second-order valence-corrected chi connectivity index (χ2v) is 3.49. The Morgan fingerprint density at radius 1 is 1.33 bits per heavy atom. The molecule has 0 unspecified atom stereocenters. The molecule has 0 spiro atoms. The van der Waals surface area contributed by atoms with E-state index >= 15 is 0 Å². The van der Waals surface area contributed by atoms with Crippen LogP contribution in [0.15, 0.2) is 28.4 Å². The quantitative estimate of drug-likeness (QED) is 0.333. The average molecular weight is 308 g/mol. The maximum Gasteiger partial charge on any atom is 0.417 e. The van der Waals surface area contributed by atoms with E-state index in [0.717, 1.165) is 25.1 Å². The van der Waals surface area contributed by atoms with Gasteiger partial charge in [0, 0.05) is 12.5 Å². The molecule has 6 nitrogen and oxygen atoms in total. The first-order chi connectivity index (χ1) is 9.55. The zero-order valence-corrected chi connectivity index (χ0v) is 10.7. The molecule has 10 heteroatoms. The Kier molecular flexibility index (Phi) is 6.84. The Labute approximate surface area is 116 Å². The molecule has 0 atom stereocenters. The second-order valence-electron chi connectivity index (χ2n) is 3.49. The molecule has 1 aromatic rings. The van der Waals surface area contributed by atoms with E-state index in [-0.39, 0.29) is 0 Å². The molecule has 21 heavy (non-hydrogen) atoms. The third-order valence-corrected chi connectivity index (χ3v) is 1.72. The number of alkyl halides is 3. The number of halogens is 4. The lowest BCUT2D eigenvalue weighted by atomic mass is 10.1. The number of hydrogen-bond donors (Lipinski definition) is 3.